The number of carbonyl (C=O) groups is 1. The summed E-state index contributed by atoms with van der Waals surface area (Å²) in [5.41, 5.74) is 0. The first kappa shape index (κ1) is 15.4. The summed E-state index contributed by atoms with van der Waals surface area (Å²) in [5.74, 6) is -0.114. The number of hydrogen-bond acceptors (Lipinski definition) is 4. The highest BCUT2D eigenvalue weighted by molar-refractivity contribution is 7.89. The summed E-state index contributed by atoms with van der Waals surface area (Å²) in [4.78, 5) is 11.3. The molecule has 0 aliphatic carbocycles. The van der Waals surface area contributed by atoms with Crippen LogP contribution in [0.15, 0.2) is 0 Å². The zero-order valence-electron chi connectivity index (χ0n) is 11.1. The van der Waals surface area contributed by atoms with Gasteiger partial charge in [0, 0.05) is 19.1 Å². The molecule has 1 rings (SSSR count). The van der Waals surface area contributed by atoms with Gasteiger partial charge < -0.3 is 10.6 Å². The van der Waals surface area contributed by atoms with Crippen LogP contribution in [0.5, 0.6) is 0 Å². The molecule has 1 fully saturated rings. The van der Waals surface area contributed by atoms with E-state index in [-0.39, 0.29) is 18.2 Å². The molecule has 0 radical (unpaired) electrons. The van der Waals surface area contributed by atoms with Crippen LogP contribution in [0.25, 0.3) is 0 Å². The van der Waals surface area contributed by atoms with Crippen LogP contribution in [-0.2, 0) is 14.8 Å². The largest absolute Gasteiger partial charge is 0.355 e. The first-order valence-electron chi connectivity index (χ1n) is 6.40. The molecule has 0 atom stereocenters. The molecule has 0 aromatic rings. The molecular weight excluding hydrogens is 254 g/mol. The molecule has 18 heavy (non-hydrogen) atoms. The molecule has 0 aromatic carbocycles. The summed E-state index contributed by atoms with van der Waals surface area (Å²) in [6.07, 6.45) is 1.24. The maximum Gasteiger partial charge on any atom is 0.235 e. The average molecular weight is 277 g/mol. The van der Waals surface area contributed by atoms with Gasteiger partial charge in [-0.25, -0.2) is 8.42 Å². The van der Waals surface area contributed by atoms with E-state index in [0.29, 0.717) is 38.5 Å². The van der Waals surface area contributed by atoms with Crippen LogP contribution in [0.1, 0.15) is 26.7 Å². The number of nitrogens with zero attached hydrogens (tertiary/aromatic N) is 1. The Morgan fingerprint density at radius 3 is 2.83 bits per heavy atom. The lowest BCUT2D eigenvalue weighted by atomic mass is 10.4. The van der Waals surface area contributed by atoms with E-state index in [0.717, 1.165) is 0 Å². The molecule has 1 aliphatic rings. The van der Waals surface area contributed by atoms with Crippen molar-refractivity contribution in [3.05, 3.63) is 0 Å². The van der Waals surface area contributed by atoms with Crippen molar-refractivity contribution in [2.24, 2.45) is 0 Å². The number of hydrogen-bond donors (Lipinski definition) is 2. The van der Waals surface area contributed by atoms with Crippen LogP contribution < -0.4 is 10.6 Å². The van der Waals surface area contributed by atoms with E-state index < -0.39 is 10.0 Å². The maximum absolute atomic E-state index is 12.0. The van der Waals surface area contributed by atoms with Crippen LogP contribution in [0.3, 0.4) is 0 Å². The average Bonchev–Trinajstić information content (AvgIpc) is 2.49. The maximum atomic E-state index is 12.0. The topological polar surface area (TPSA) is 78.5 Å². The van der Waals surface area contributed by atoms with Gasteiger partial charge in [-0.15, -0.1) is 0 Å². The molecule has 0 saturated carbocycles. The Morgan fingerprint density at radius 1 is 1.44 bits per heavy atom. The second kappa shape index (κ2) is 7.06. The van der Waals surface area contributed by atoms with Crippen molar-refractivity contribution in [3.8, 4) is 0 Å². The highest BCUT2D eigenvalue weighted by Crippen LogP contribution is 2.06. The number of amides is 1. The zero-order valence-corrected chi connectivity index (χ0v) is 11.9. The Balaban J connectivity index is 2.43. The van der Waals surface area contributed by atoms with Gasteiger partial charge in [0.1, 0.15) is 0 Å². The van der Waals surface area contributed by atoms with Gasteiger partial charge in [0.05, 0.1) is 12.3 Å². The Hall–Kier alpha value is -0.660. The van der Waals surface area contributed by atoms with Gasteiger partial charge in [0.25, 0.3) is 0 Å². The summed E-state index contributed by atoms with van der Waals surface area (Å²) in [5, 5.41) is 5.85. The minimum Gasteiger partial charge on any atom is -0.355 e. The Morgan fingerprint density at radius 2 is 2.17 bits per heavy atom. The van der Waals surface area contributed by atoms with E-state index >= 15 is 0 Å². The number of rotatable bonds is 6. The van der Waals surface area contributed by atoms with Gasteiger partial charge >= 0.3 is 0 Å². The fraction of sp³-hybridized carbons (Fsp3) is 0.909. The molecule has 0 unspecified atom stereocenters. The number of carbonyl (C=O) groups excluding carboxylic acids is 1. The molecule has 1 saturated heterocycles. The fourth-order valence-electron chi connectivity index (χ4n) is 1.79. The quantitative estimate of drug-likeness (QED) is 0.643. The fourth-order valence-corrected chi connectivity index (χ4v) is 3.28. The number of nitrogens with one attached hydrogen (secondary N) is 2. The van der Waals surface area contributed by atoms with E-state index in [4.69, 9.17) is 0 Å². The standard InChI is InChI=1S/C11H23N3O3S/c1-10(2)12-6-4-8-18(16,17)14-7-3-5-13-11(15)9-14/h10,12H,3-9H2,1-2H3,(H,13,15). The first-order valence-corrected chi connectivity index (χ1v) is 8.00. The third-order valence-electron chi connectivity index (χ3n) is 2.75. The van der Waals surface area contributed by atoms with Crippen LogP contribution in [0.2, 0.25) is 0 Å². The molecule has 106 valence electrons. The monoisotopic (exact) mass is 277 g/mol. The zero-order chi connectivity index (χ0) is 13.6. The van der Waals surface area contributed by atoms with E-state index in [9.17, 15) is 13.2 Å². The van der Waals surface area contributed by atoms with Gasteiger partial charge in [-0.1, -0.05) is 13.8 Å². The van der Waals surface area contributed by atoms with Crippen molar-refractivity contribution < 1.29 is 13.2 Å². The van der Waals surface area contributed by atoms with Crippen molar-refractivity contribution in [2.45, 2.75) is 32.7 Å². The second-order valence-corrected chi connectivity index (χ2v) is 6.90. The lowest BCUT2D eigenvalue weighted by Crippen LogP contribution is -2.39. The van der Waals surface area contributed by atoms with Crippen molar-refractivity contribution in [1.29, 1.82) is 0 Å². The predicted molar refractivity (Wildman–Crippen MR) is 70.7 cm³/mol. The van der Waals surface area contributed by atoms with E-state index in [1.807, 2.05) is 13.8 Å². The summed E-state index contributed by atoms with van der Waals surface area (Å²) in [7, 11) is -3.31. The minimum absolute atomic E-state index is 0.0417. The number of sulfonamides is 1. The van der Waals surface area contributed by atoms with Crippen molar-refractivity contribution in [2.75, 3.05) is 31.9 Å². The predicted octanol–water partition coefficient (Wildman–Crippen LogP) is -0.474. The molecule has 0 aromatic heterocycles. The molecular formula is C11H23N3O3S. The Labute approximate surface area is 109 Å². The molecule has 0 bridgehead atoms. The Bertz CT molecular complexity index is 368. The SMILES string of the molecule is CC(C)NCCCS(=O)(=O)N1CCCNC(=O)C1. The van der Waals surface area contributed by atoms with Gasteiger partial charge in [0.2, 0.25) is 15.9 Å². The second-order valence-electron chi connectivity index (χ2n) is 4.82. The summed E-state index contributed by atoms with van der Waals surface area (Å²) >= 11 is 0. The van der Waals surface area contributed by atoms with E-state index in [1.54, 1.807) is 0 Å². The lowest BCUT2D eigenvalue weighted by Gasteiger charge is -2.18. The molecule has 6 nitrogen and oxygen atoms in total. The van der Waals surface area contributed by atoms with Crippen LogP contribution in [0.4, 0.5) is 0 Å². The molecule has 1 aliphatic heterocycles. The van der Waals surface area contributed by atoms with Crippen molar-refractivity contribution in [1.82, 2.24) is 14.9 Å². The van der Waals surface area contributed by atoms with E-state index in [2.05, 4.69) is 10.6 Å². The molecule has 0 spiro atoms. The van der Waals surface area contributed by atoms with Gasteiger partial charge in [-0.2, -0.15) is 4.31 Å². The lowest BCUT2D eigenvalue weighted by molar-refractivity contribution is -0.120. The minimum atomic E-state index is -3.31. The summed E-state index contributed by atoms with van der Waals surface area (Å²) in [6, 6.07) is 0.358. The molecule has 2 N–H and O–H groups in total. The molecule has 1 heterocycles. The highest BCUT2D eigenvalue weighted by Gasteiger charge is 2.25. The Kier molecular flexibility index (Phi) is 6.04. The van der Waals surface area contributed by atoms with Gasteiger partial charge in [-0.05, 0) is 19.4 Å². The summed E-state index contributed by atoms with van der Waals surface area (Å²) in [6.45, 7) is 5.66. The van der Waals surface area contributed by atoms with Crippen molar-refractivity contribution >= 4 is 15.9 Å². The first-order chi connectivity index (χ1) is 8.42. The van der Waals surface area contributed by atoms with Gasteiger partial charge in [-0.3, -0.25) is 4.79 Å². The highest BCUT2D eigenvalue weighted by atomic mass is 32.2. The van der Waals surface area contributed by atoms with Crippen LogP contribution in [0, 0.1) is 0 Å². The van der Waals surface area contributed by atoms with Gasteiger partial charge in [0.15, 0.2) is 0 Å². The normalized spacial score (nSPS) is 18.7. The smallest absolute Gasteiger partial charge is 0.235 e. The molecule has 1 amide bonds. The van der Waals surface area contributed by atoms with Crippen LogP contribution in [-0.4, -0.2) is 56.6 Å². The molecule has 7 heteroatoms. The third-order valence-corrected chi connectivity index (χ3v) is 4.65. The summed E-state index contributed by atoms with van der Waals surface area (Å²) < 4.78 is 25.4. The third kappa shape index (κ3) is 5.32. The van der Waals surface area contributed by atoms with Crippen LogP contribution >= 0.6 is 0 Å². The van der Waals surface area contributed by atoms with E-state index in [1.165, 1.54) is 4.31 Å². The van der Waals surface area contributed by atoms with Crippen molar-refractivity contribution in [3.63, 3.8) is 0 Å².